The first-order valence-electron chi connectivity index (χ1n) is 7.50. The standard InChI is InChI=1S/C16H25N3O2.ClH/c1-13-4-3-5-14(10-13)15(11-18-16(20)12-17-2)19-6-8-21-9-7-19;/h3-5,10,15,17H,6-9,11-12H2,1-2H3,(H,18,20);1H. The number of nitrogens with one attached hydrogen (secondary N) is 2. The number of likely N-dealkylation sites (N-methyl/N-ethyl adjacent to an activating group) is 1. The van der Waals surface area contributed by atoms with Gasteiger partial charge in [0.25, 0.3) is 0 Å². The van der Waals surface area contributed by atoms with Crippen LogP contribution < -0.4 is 10.6 Å². The quantitative estimate of drug-likeness (QED) is 0.822. The molecule has 2 N–H and O–H groups in total. The third kappa shape index (κ3) is 5.57. The fraction of sp³-hybridized carbons (Fsp3) is 0.562. The molecule has 1 heterocycles. The number of carbonyl (C=O) groups excluding carboxylic acids is 1. The number of nitrogens with zero attached hydrogens (tertiary/aromatic N) is 1. The van der Waals surface area contributed by atoms with Crippen LogP contribution in [0.1, 0.15) is 17.2 Å². The second-order valence-electron chi connectivity index (χ2n) is 5.41. The molecule has 0 spiro atoms. The number of ether oxygens (including phenoxy) is 1. The van der Waals surface area contributed by atoms with E-state index in [1.807, 2.05) is 0 Å². The van der Waals surface area contributed by atoms with Gasteiger partial charge in [0.05, 0.1) is 25.8 Å². The number of amides is 1. The number of halogens is 1. The van der Waals surface area contributed by atoms with Crippen LogP contribution in [0.5, 0.6) is 0 Å². The van der Waals surface area contributed by atoms with E-state index in [2.05, 4.69) is 46.7 Å². The Bertz CT molecular complexity index is 464. The van der Waals surface area contributed by atoms with E-state index in [4.69, 9.17) is 4.74 Å². The van der Waals surface area contributed by atoms with Crippen molar-refractivity contribution in [2.45, 2.75) is 13.0 Å². The number of morpholine rings is 1. The molecule has 1 aromatic rings. The lowest BCUT2D eigenvalue weighted by Gasteiger charge is -2.35. The maximum absolute atomic E-state index is 11.7. The molecule has 0 aliphatic carbocycles. The number of hydrogen-bond acceptors (Lipinski definition) is 4. The molecule has 1 atom stereocenters. The lowest BCUT2D eigenvalue weighted by Crippen LogP contribution is -2.44. The van der Waals surface area contributed by atoms with Gasteiger partial charge in [-0.05, 0) is 19.5 Å². The summed E-state index contributed by atoms with van der Waals surface area (Å²) in [6.07, 6.45) is 0. The molecule has 0 aromatic heterocycles. The van der Waals surface area contributed by atoms with Crippen molar-refractivity contribution < 1.29 is 9.53 Å². The summed E-state index contributed by atoms with van der Waals surface area (Å²) >= 11 is 0. The van der Waals surface area contributed by atoms with Gasteiger partial charge in [0.15, 0.2) is 0 Å². The van der Waals surface area contributed by atoms with E-state index in [-0.39, 0.29) is 24.4 Å². The van der Waals surface area contributed by atoms with E-state index in [9.17, 15) is 4.79 Å². The van der Waals surface area contributed by atoms with E-state index >= 15 is 0 Å². The van der Waals surface area contributed by atoms with Crippen molar-refractivity contribution in [3.8, 4) is 0 Å². The molecule has 5 nitrogen and oxygen atoms in total. The number of carbonyl (C=O) groups is 1. The summed E-state index contributed by atoms with van der Waals surface area (Å²) in [7, 11) is 1.78. The van der Waals surface area contributed by atoms with Gasteiger partial charge in [-0.2, -0.15) is 0 Å². The molecule has 6 heteroatoms. The summed E-state index contributed by atoms with van der Waals surface area (Å²) < 4.78 is 5.43. The van der Waals surface area contributed by atoms with E-state index in [1.54, 1.807) is 7.05 Å². The van der Waals surface area contributed by atoms with Gasteiger partial charge in [-0.1, -0.05) is 29.8 Å². The Balaban J connectivity index is 0.00000242. The number of hydrogen-bond donors (Lipinski definition) is 2. The molecule has 1 aromatic carbocycles. The third-order valence-electron chi connectivity index (χ3n) is 3.74. The minimum atomic E-state index is 0. The average molecular weight is 328 g/mol. The normalized spacial score (nSPS) is 16.6. The zero-order valence-electron chi connectivity index (χ0n) is 13.3. The second kappa shape index (κ2) is 9.79. The van der Waals surface area contributed by atoms with Gasteiger partial charge in [0.2, 0.25) is 5.91 Å². The van der Waals surface area contributed by atoms with Crippen molar-refractivity contribution in [3.63, 3.8) is 0 Å². The molecule has 1 amide bonds. The molecule has 124 valence electrons. The highest BCUT2D eigenvalue weighted by Gasteiger charge is 2.23. The summed E-state index contributed by atoms with van der Waals surface area (Å²) in [5.74, 6) is 0.0309. The van der Waals surface area contributed by atoms with Crippen molar-refractivity contribution in [1.29, 1.82) is 0 Å². The molecular weight excluding hydrogens is 302 g/mol. The Morgan fingerprint density at radius 3 is 2.73 bits per heavy atom. The summed E-state index contributed by atoms with van der Waals surface area (Å²) in [4.78, 5) is 14.1. The SMILES string of the molecule is CNCC(=O)NCC(c1cccc(C)c1)N1CCOCC1.Cl. The molecular formula is C16H26ClN3O2. The van der Waals surface area contributed by atoms with Crippen LogP contribution in [-0.2, 0) is 9.53 Å². The van der Waals surface area contributed by atoms with E-state index in [1.165, 1.54) is 11.1 Å². The largest absolute Gasteiger partial charge is 0.379 e. The molecule has 1 aliphatic heterocycles. The van der Waals surface area contributed by atoms with Gasteiger partial charge in [-0.3, -0.25) is 9.69 Å². The van der Waals surface area contributed by atoms with Gasteiger partial charge < -0.3 is 15.4 Å². The number of aryl methyl sites for hydroxylation is 1. The van der Waals surface area contributed by atoms with Gasteiger partial charge in [-0.15, -0.1) is 12.4 Å². The van der Waals surface area contributed by atoms with Crippen LogP contribution in [0.15, 0.2) is 24.3 Å². The summed E-state index contributed by atoms with van der Waals surface area (Å²) in [6.45, 7) is 6.40. The monoisotopic (exact) mass is 327 g/mol. The van der Waals surface area contributed by atoms with Gasteiger partial charge in [0, 0.05) is 19.6 Å². The first kappa shape index (κ1) is 18.9. The molecule has 2 rings (SSSR count). The van der Waals surface area contributed by atoms with Crippen LogP contribution in [0.3, 0.4) is 0 Å². The Morgan fingerprint density at radius 2 is 2.09 bits per heavy atom. The van der Waals surface area contributed by atoms with Crippen molar-refractivity contribution >= 4 is 18.3 Å². The smallest absolute Gasteiger partial charge is 0.234 e. The predicted molar refractivity (Wildman–Crippen MR) is 90.5 cm³/mol. The molecule has 0 radical (unpaired) electrons. The number of rotatable bonds is 6. The van der Waals surface area contributed by atoms with Crippen LogP contribution in [0.25, 0.3) is 0 Å². The van der Waals surface area contributed by atoms with Crippen LogP contribution in [-0.4, -0.2) is 57.2 Å². The molecule has 1 fully saturated rings. The highest BCUT2D eigenvalue weighted by molar-refractivity contribution is 5.85. The molecule has 0 saturated carbocycles. The van der Waals surface area contributed by atoms with Gasteiger partial charge in [0.1, 0.15) is 0 Å². The average Bonchev–Trinajstić information content (AvgIpc) is 2.49. The van der Waals surface area contributed by atoms with Gasteiger partial charge in [-0.25, -0.2) is 0 Å². The van der Waals surface area contributed by atoms with Crippen molar-refractivity contribution in [1.82, 2.24) is 15.5 Å². The molecule has 1 saturated heterocycles. The van der Waals surface area contributed by atoms with E-state index in [0.717, 1.165) is 26.3 Å². The second-order valence-corrected chi connectivity index (χ2v) is 5.41. The lowest BCUT2D eigenvalue weighted by atomic mass is 10.0. The highest BCUT2D eigenvalue weighted by atomic mass is 35.5. The van der Waals surface area contributed by atoms with Crippen LogP contribution in [0, 0.1) is 6.92 Å². The van der Waals surface area contributed by atoms with E-state index < -0.39 is 0 Å². The fourth-order valence-corrected chi connectivity index (χ4v) is 2.66. The lowest BCUT2D eigenvalue weighted by molar-refractivity contribution is -0.120. The van der Waals surface area contributed by atoms with Crippen molar-refractivity contribution in [2.24, 2.45) is 0 Å². The fourth-order valence-electron chi connectivity index (χ4n) is 2.66. The highest BCUT2D eigenvalue weighted by Crippen LogP contribution is 2.22. The van der Waals surface area contributed by atoms with Crippen LogP contribution in [0.4, 0.5) is 0 Å². The van der Waals surface area contributed by atoms with Crippen molar-refractivity contribution in [2.75, 3.05) is 46.4 Å². The maximum atomic E-state index is 11.7. The van der Waals surface area contributed by atoms with E-state index in [0.29, 0.717) is 13.1 Å². The Kier molecular flexibility index (Phi) is 8.42. The first-order valence-corrected chi connectivity index (χ1v) is 7.50. The summed E-state index contributed by atoms with van der Waals surface area (Å²) in [5, 5.41) is 5.89. The first-order chi connectivity index (χ1) is 10.2. The minimum Gasteiger partial charge on any atom is -0.379 e. The van der Waals surface area contributed by atoms with Crippen LogP contribution in [0.2, 0.25) is 0 Å². The predicted octanol–water partition coefficient (Wildman–Crippen LogP) is 1.13. The summed E-state index contributed by atoms with van der Waals surface area (Å²) in [6, 6.07) is 8.71. The maximum Gasteiger partial charge on any atom is 0.234 e. The minimum absolute atomic E-state index is 0. The van der Waals surface area contributed by atoms with Gasteiger partial charge >= 0.3 is 0 Å². The number of benzene rings is 1. The Labute approximate surface area is 138 Å². The zero-order chi connectivity index (χ0) is 15.1. The molecule has 0 bridgehead atoms. The zero-order valence-corrected chi connectivity index (χ0v) is 14.1. The Hall–Kier alpha value is -1.14. The van der Waals surface area contributed by atoms with Crippen LogP contribution >= 0.6 is 12.4 Å². The Morgan fingerprint density at radius 1 is 1.36 bits per heavy atom. The molecule has 1 aliphatic rings. The molecule has 1 unspecified atom stereocenters. The molecule has 22 heavy (non-hydrogen) atoms. The topological polar surface area (TPSA) is 53.6 Å². The summed E-state index contributed by atoms with van der Waals surface area (Å²) in [5.41, 5.74) is 2.49. The van der Waals surface area contributed by atoms with Crippen molar-refractivity contribution in [3.05, 3.63) is 35.4 Å². The third-order valence-corrected chi connectivity index (χ3v) is 3.74.